The topological polar surface area (TPSA) is 39.2 Å². The monoisotopic (exact) mass is 365 g/mol. The van der Waals surface area contributed by atoms with Gasteiger partial charge in [0, 0.05) is 11.6 Å². The standard InChI is InChI=1S/C8H4ClF3INO2/c9-2-4-5(3-15)14-7(13)1-6(4)16-8(10,11)12/h1,3H,2H2. The molecule has 0 bridgehead atoms. The minimum atomic E-state index is -4.83. The smallest absolute Gasteiger partial charge is 0.405 e. The van der Waals surface area contributed by atoms with E-state index in [0.29, 0.717) is 6.29 Å². The zero-order valence-electron chi connectivity index (χ0n) is 7.52. The van der Waals surface area contributed by atoms with Crippen LogP contribution in [0.2, 0.25) is 0 Å². The van der Waals surface area contributed by atoms with Crippen molar-refractivity contribution >= 4 is 40.5 Å². The van der Waals surface area contributed by atoms with Gasteiger partial charge in [-0.2, -0.15) is 0 Å². The summed E-state index contributed by atoms with van der Waals surface area (Å²) in [6.07, 6.45) is -4.49. The van der Waals surface area contributed by atoms with Gasteiger partial charge in [-0.05, 0) is 22.6 Å². The van der Waals surface area contributed by atoms with Gasteiger partial charge in [-0.1, -0.05) is 0 Å². The highest BCUT2D eigenvalue weighted by Crippen LogP contribution is 2.29. The van der Waals surface area contributed by atoms with Crippen LogP contribution in [-0.4, -0.2) is 17.6 Å². The molecular weight excluding hydrogens is 361 g/mol. The molecule has 0 atom stereocenters. The zero-order valence-corrected chi connectivity index (χ0v) is 10.4. The zero-order chi connectivity index (χ0) is 12.3. The second-order valence-electron chi connectivity index (χ2n) is 2.61. The number of alkyl halides is 4. The highest BCUT2D eigenvalue weighted by Gasteiger charge is 2.32. The van der Waals surface area contributed by atoms with Crippen molar-refractivity contribution in [3.8, 4) is 5.75 Å². The predicted molar refractivity (Wildman–Crippen MR) is 58.6 cm³/mol. The van der Waals surface area contributed by atoms with Crippen molar-refractivity contribution in [1.82, 2.24) is 4.98 Å². The number of halogens is 5. The molecule has 1 heterocycles. The molecule has 0 amide bonds. The summed E-state index contributed by atoms with van der Waals surface area (Å²) in [6.45, 7) is 0. The Morgan fingerprint density at radius 1 is 1.56 bits per heavy atom. The molecule has 0 aliphatic rings. The Labute approximate surface area is 107 Å². The van der Waals surface area contributed by atoms with Gasteiger partial charge in [-0.3, -0.25) is 4.79 Å². The molecule has 88 valence electrons. The van der Waals surface area contributed by atoms with E-state index >= 15 is 0 Å². The Hall–Kier alpha value is -0.570. The van der Waals surface area contributed by atoms with Crippen LogP contribution in [0.1, 0.15) is 16.1 Å². The first-order valence-corrected chi connectivity index (χ1v) is 5.45. The number of hydrogen-bond donors (Lipinski definition) is 0. The number of pyridine rings is 1. The third-order valence-electron chi connectivity index (χ3n) is 1.56. The van der Waals surface area contributed by atoms with E-state index in [1.54, 1.807) is 22.6 Å². The van der Waals surface area contributed by atoms with Crippen molar-refractivity contribution in [1.29, 1.82) is 0 Å². The summed E-state index contributed by atoms with van der Waals surface area (Å²) in [7, 11) is 0. The quantitative estimate of drug-likeness (QED) is 0.358. The molecule has 0 spiro atoms. The fraction of sp³-hybridized carbons (Fsp3) is 0.250. The van der Waals surface area contributed by atoms with E-state index in [4.69, 9.17) is 11.6 Å². The second-order valence-corrected chi connectivity index (χ2v) is 3.98. The first-order chi connectivity index (χ1) is 7.37. The van der Waals surface area contributed by atoms with Crippen molar-refractivity contribution in [2.75, 3.05) is 0 Å². The number of carbonyl (C=O) groups excluding carboxylic acids is 1. The van der Waals surface area contributed by atoms with Crippen molar-refractivity contribution in [3.63, 3.8) is 0 Å². The number of hydrogen-bond acceptors (Lipinski definition) is 3. The van der Waals surface area contributed by atoms with Crippen molar-refractivity contribution in [3.05, 3.63) is 21.0 Å². The van der Waals surface area contributed by atoms with Crippen LogP contribution in [0.15, 0.2) is 6.07 Å². The van der Waals surface area contributed by atoms with Gasteiger partial charge in [-0.25, -0.2) is 4.98 Å². The molecule has 3 nitrogen and oxygen atoms in total. The van der Waals surface area contributed by atoms with Gasteiger partial charge in [0.15, 0.2) is 6.29 Å². The van der Waals surface area contributed by atoms with Crippen LogP contribution in [0, 0.1) is 3.70 Å². The Bertz CT molecular complexity index is 411. The molecule has 1 aromatic rings. The highest BCUT2D eigenvalue weighted by molar-refractivity contribution is 14.1. The number of rotatable bonds is 3. The third kappa shape index (κ3) is 3.48. The van der Waals surface area contributed by atoms with E-state index in [1.165, 1.54) is 0 Å². The van der Waals surface area contributed by atoms with E-state index in [-0.39, 0.29) is 20.8 Å². The Kier molecular flexibility index (Phi) is 4.36. The van der Waals surface area contributed by atoms with Gasteiger partial charge < -0.3 is 4.74 Å². The Morgan fingerprint density at radius 3 is 2.62 bits per heavy atom. The number of aromatic nitrogens is 1. The maximum Gasteiger partial charge on any atom is 0.573 e. The average molecular weight is 365 g/mol. The maximum absolute atomic E-state index is 12.0. The summed E-state index contributed by atoms with van der Waals surface area (Å²) >= 11 is 7.13. The highest BCUT2D eigenvalue weighted by atomic mass is 127. The van der Waals surface area contributed by atoms with Crippen LogP contribution >= 0.6 is 34.2 Å². The normalized spacial score (nSPS) is 11.3. The molecule has 16 heavy (non-hydrogen) atoms. The summed E-state index contributed by atoms with van der Waals surface area (Å²) < 4.78 is 40.1. The second kappa shape index (κ2) is 5.17. The lowest BCUT2D eigenvalue weighted by Gasteiger charge is -2.13. The SMILES string of the molecule is O=Cc1nc(I)cc(OC(F)(F)F)c1CCl. The molecule has 0 aliphatic carbocycles. The third-order valence-corrected chi connectivity index (χ3v) is 2.37. The molecule has 8 heteroatoms. The number of carbonyl (C=O) groups is 1. The molecule has 0 saturated carbocycles. The lowest BCUT2D eigenvalue weighted by Crippen LogP contribution is -2.19. The minimum Gasteiger partial charge on any atom is -0.405 e. The van der Waals surface area contributed by atoms with Crippen molar-refractivity contribution in [2.24, 2.45) is 0 Å². The number of aldehydes is 1. The van der Waals surface area contributed by atoms with E-state index < -0.39 is 12.1 Å². The number of ether oxygens (including phenoxy) is 1. The van der Waals surface area contributed by atoms with Crippen LogP contribution < -0.4 is 4.74 Å². The minimum absolute atomic E-state index is 0.0746. The molecule has 0 fully saturated rings. The first kappa shape index (κ1) is 13.5. The summed E-state index contributed by atoms with van der Waals surface area (Å²) in [4.78, 5) is 14.3. The van der Waals surface area contributed by atoms with Gasteiger partial charge >= 0.3 is 6.36 Å². The molecule has 1 aromatic heterocycles. The van der Waals surface area contributed by atoms with Crippen LogP contribution in [0.25, 0.3) is 0 Å². The Morgan fingerprint density at radius 2 is 2.19 bits per heavy atom. The van der Waals surface area contributed by atoms with E-state index in [0.717, 1.165) is 6.07 Å². The summed E-state index contributed by atoms with van der Waals surface area (Å²) in [5.74, 6) is -0.785. The van der Waals surface area contributed by atoms with Crippen molar-refractivity contribution < 1.29 is 22.7 Å². The molecule has 1 rings (SSSR count). The van der Waals surface area contributed by atoms with Crippen LogP contribution in [0.5, 0.6) is 5.75 Å². The predicted octanol–water partition coefficient (Wildman–Crippen LogP) is 3.14. The number of nitrogens with zero attached hydrogens (tertiary/aromatic N) is 1. The molecule has 0 aromatic carbocycles. The molecule has 0 unspecified atom stereocenters. The molecule has 0 N–H and O–H groups in total. The maximum atomic E-state index is 12.0. The summed E-state index contributed by atoms with van der Waals surface area (Å²) in [5, 5.41) is 0. The molecule has 0 aliphatic heterocycles. The van der Waals surface area contributed by atoms with Crippen LogP contribution in [0.3, 0.4) is 0 Å². The summed E-state index contributed by atoms with van der Waals surface area (Å²) in [5.41, 5.74) is -0.226. The van der Waals surface area contributed by atoms with Crippen LogP contribution in [0.4, 0.5) is 13.2 Å². The molecule has 0 radical (unpaired) electrons. The van der Waals surface area contributed by atoms with Gasteiger partial charge in [0.05, 0.1) is 5.88 Å². The molecule has 0 saturated heterocycles. The lowest BCUT2D eigenvalue weighted by atomic mass is 10.2. The lowest BCUT2D eigenvalue weighted by molar-refractivity contribution is -0.274. The van der Waals surface area contributed by atoms with Gasteiger partial charge in [-0.15, -0.1) is 24.8 Å². The van der Waals surface area contributed by atoms with Crippen molar-refractivity contribution in [2.45, 2.75) is 12.2 Å². The average Bonchev–Trinajstić information content (AvgIpc) is 2.14. The first-order valence-electron chi connectivity index (χ1n) is 3.83. The Balaban J connectivity index is 3.25. The van der Waals surface area contributed by atoms with E-state index in [2.05, 4.69) is 9.72 Å². The van der Waals surface area contributed by atoms with Gasteiger partial charge in [0.2, 0.25) is 0 Å². The van der Waals surface area contributed by atoms with Gasteiger partial charge in [0.25, 0.3) is 0 Å². The molecular formula is C8H4ClF3INO2. The summed E-state index contributed by atoms with van der Waals surface area (Å²) in [6, 6.07) is 1.07. The fourth-order valence-corrected chi connectivity index (χ4v) is 1.80. The van der Waals surface area contributed by atoms with Gasteiger partial charge in [0.1, 0.15) is 15.1 Å². The van der Waals surface area contributed by atoms with E-state index in [1.807, 2.05) is 0 Å². The van der Waals surface area contributed by atoms with Crippen LogP contribution in [-0.2, 0) is 5.88 Å². The fourth-order valence-electron chi connectivity index (χ4n) is 0.984. The largest absolute Gasteiger partial charge is 0.573 e. The van der Waals surface area contributed by atoms with E-state index in [9.17, 15) is 18.0 Å².